The lowest BCUT2D eigenvalue weighted by Crippen LogP contribution is -1.92. The topological polar surface area (TPSA) is 54.4 Å². The van der Waals surface area contributed by atoms with Crippen LogP contribution >= 0.6 is 0 Å². The maximum Gasteiger partial charge on any atom is 0.310 e. The molecule has 0 aromatic heterocycles. The van der Waals surface area contributed by atoms with Crippen LogP contribution in [0.2, 0.25) is 0 Å². The average Bonchev–Trinajstić information content (AvgIpc) is 2.06. The summed E-state index contributed by atoms with van der Waals surface area (Å²) in [6, 6.07) is 10.3. The minimum Gasteiger partial charge on any atom is -0.481 e. The molecule has 70 valence electrons. The number of carbonyl (C=O) groups is 2. The van der Waals surface area contributed by atoms with Crippen molar-refractivity contribution in [1.29, 1.82) is 0 Å². The van der Waals surface area contributed by atoms with Crippen molar-refractivity contribution in [2.75, 3.05) is 0 Å². The van der Waals surface area contributed by atoms with E-state index in [1.807, 2.05) is 18.2 Å². The molecule has 0 atom stereocenters. The van der Waals surface area contributed by atoms with E-state index in [2.05, 4.69) is 19.1 Å². The van der Waals surface area contributed by atoms with Gasteiger partial charge in [0.2, 0.25) is 0 Å². The maximum absolute atomic E-state index is 9.37. The van der Waals surface area contributed by atoms with Crippen molar-refractivity contribution in [3.63, 3.8) is 0 Å². The third-order valence-corrected chi connectivity index (χ3v) is 1.20. The van der Waals surface area contributed by atoms with Crippen LogP contribution in [0.5, 0.6) is 0 Å². The second-order valence-electron chi connectivity index (χ2n) is 2.42. The lowest BCUT2D eigenvalue weighted by molar-refractivity contribution is -0.138. The predicted octanol–water partition coefficient (Wildman–Crippen LogP) is 1.66. The average molecular weight is 180 g/mol. The summed E-state index contributed by atoms with van der Waals surface area (Å²) < 4.78 is 0. The number of hydrogen-bond acceptors (Lipinski definition) is 2. The van der Waals surface area contributed by atoms with Crippen LogP contribution in [0.1, 0.15) is 12.0 Å². The first-order valence-corrected chi connectivity index (χ1v) is 3.84. The molecule has 0 unspecified atom stereocenters. The van der Waals surface area contributed by atoms with E-state index in [1.54, 1.807) is 0 Å². The highest BCUT2D eigenvalue weighted by atomic mass is 16.4. The van der Waals surface area contributed by atoms with Crippen LogP contribution in [0.3, 0.4) is 0 Å². The highest BCUT2D eigenvalue weighted by Gasteiger charge is 1.87. The fourth-order valence-electron chi connectivity index (χ4n) is 0.606. The highest BCUT2D eigenvalue weighted by Crippen LogP contribution is 1.92. The van der Waals surface area contributed by atoms with Gasteiger partial charge in [-0.25, -0.2) is 0 Å². The maximum atomic E-state index is 9.37. The van der Waals surface area contributed by atoms with Crippen LogP contribution in [0, 0.1) is 6.92 Å². The summed E-state index contributed by atoms with van der Waals surface area (Å²) in [7, 11) is 0. The Morgan fingerprint density at radius 3 is 2.08 bits per heavy atom. The molecule has 0 fully saturated rings. The molecular formula is C10H12O3. The number of aldehydes is 1. The van der Waals surface area contributed by atoms with E-state index in [0.29, 0.717) is 6.29 Å². The van der Waals surface area contributed by atoms with Gasteiger partial charge in [0, 0.05) is 0 Å². The highest BCUT2D eigenvalue weighted by molar-refractivity contribution is 5.81. The number of carboxylic acid groups (broad SMARTS) is 1. The van der Waals surface area contributed by atoms with Crippen LogP contribution in [0.25, 0.3) is 0 Å². The first-order valence-electron chi connectivity index (χ1n) is 3.84. The molecule has 13 heavy (non-hydrogen) atoms. The molecule has 0 aliphatic rings. The molecule has 0 spiro atoms. The van der Waals surface area contributed by atoms with E-state index in [9.17, 15) is 9.59 Å². The molecule has 1 N–H and O–H groups in total. The predicted molar refractivity (Wildman–Crippen MR) is 49.5 cm³/mol. The van der Waals surface area contributed by atoms with Crippen molar-refractivity contribution in [2.24, 2.45) is 0 Å². The Kier molecular flexibility index (Phi) is 6.15. The van der Waals surface area contributed by atoms with Gasteiger partial charge >= 0.3 is 5.97 Å². The van der Waals surface area contributed by atoms with Crippen molar-refractivity contribution >= 4 is 12.3 Å². The molecule has 0 saturated carbocycles. The normalized spacial score (nSPS) is 8.08. The fraction of sp³-hybridized carbons (Fsp3) is 0.200. The van der Waals surface area contributed by atoms with Gasteiger partial charge in [-0.15, -0.1) is 0 Å². The van der Waals surface area contributed by atoms with Gasteiger partial charge in [-0.2, -0.15) is 0 Å². The van der Waals surface area contributed by atoms with Gasteiger partial charge in [-0.1, -0.05) is 35.9 Å². The largest absolute Gasteiger partial charge is 0.481 e. The second-order valence-corrected chi connectivity index (χ2v) is 2.42. The quantitative estimate of drug-likeness (QED) is 0.556. The lowest BCUT2D eigenvalue weighted by Gasteiger charge is -1.82. The minimum absolute atomic E-state index is 0.350. The third kappa shape index (κ3) is 8.26. The van der Waals surface area contributed by atoms with Gasteiger partial charge in [-0.05, 0) is 6.92 Å². The summed E-state index contributed by atoms with van der Waals surface area (Å²) in [4.78, 5) is 18.6. The van der Waals surface area contributed by atoms with E-state index in [1.165, 1.54) is 5.56 Å². The van der Waals surface area contributed by atoms with Crippen molar-refractivity contribution in [3.05, 3.63) is 35.9 Å². The van der Waals surface area contributed by atoms with Crippen LogP contribution in [0.4, 0.5) is 0 Å². The Labute approximate surface area is 77.0 Å². The molecular weight excluding hydrogens is 168 g/mol. The molecule has 0 saturated heterocycles. The standard InChI is InChI=1S/C7H8.C3H4O3/c1-7-5-3-2-4-6-7;4-2-1-3(5)6/h2-6H,1H3;2H,1H2,(H,5,6). The van der Waals surface area contributed by atoms with Gasteiger partial charge < -0.3 is 9.90 Å². The number of benzene rings is 1. The van der Waals surface area contributed by atoms with Crippen LogP contribution in [-0.4, -0.2) is 17.4 Å². The lowest BCUT2D eigenvalue weighted by atomic mass is 10.2. The number of carboxylic acids is 1. The van der Waals surface area contributed by atoms with Gasteiger partial charge in [0.15, 0.2) is 0 Å². The van der Waals surface area contributed by atoms with E-state index < -0.39 is 5.97 Å². The zero-order valence-electron chi connectivity index (χ0n) is 7.43. The third-order valence-electron chi connectivity index (χ3n) is 1.20. The summed E-state index contributed by atoms with van der Waals surface area (Å²) in [5.74, 6) is -1.08. The molecule has 1 aromatic carbocycles. The van der Waals surface area contributed by atoms with Crippen LogP contribution < -0.4 is 0 Å². The molecule has 0 heterocycles. The number of aliphatic carboxylic acids is 1. The number of aryl methyl sites for hydroxylation is 1. The van der Waals surface area contributed by atoms with Crippen molar-refractivity contribution in [3.8, 4) is 0 Å². The Morgan fingerprint density at radius 1 is 1.38 bits per heavy atom. The van der Waals surface area contributed by atoms with E-state index in [4.69, 9.17) is 5.11 Å². The van der Waals surface area contributed by atoms with Crippen molar-refractivity contribution in [1.82, 2.24) is 0 Å². The molecule has 0 aliphatic carbocycles. The number of hydrogen-bond donors (Lipinski definition) is 1. The molecule has 1 aromatic rings. The second kappa shape index (κ2) is 7.03. The number of rotatable bonds is 2. The van der Waals surface area contributed by atoms with Crippen molar-refractivity contribution in [2.45, 2.75) is 13.3 Å². The van der Waals surface area contributed by atoms with Crippen molar-refractivity contribution < 1.29 is 14.7 Å². The summed E-state index contributed by atoms with van der Waals surface area (Å²) in [6.07, 6.45) is -0.0394. The molecule has 0 amide bonds. The molecule has 0 radical (unpaired) electrons. The zero-order chi connectivity index (χ0) is 10.1. The Balaban J connectivity index is 0.000000226. The minimum atomic E-state index is -1.08. The van der Waals surface area contributed by atoms with Gasteiger partial charge in [0.25, 0.3) is 0 Å². The first-order chi connectivity index (χ1) is 6.16. The summed E-state index contributed by atoms with van der Waals surface area (Å²) in [6.45, 7) is 2.08. The monoisotopic (exact) mass is 180 g/mol. The van der Waals surface area contributed by atoms with Crippen LogP contribution in [-0.2, 0) is 9.59 Å². The molecule has 3 heteroatoms. The first kappa shape index (κ1) is 11.4. The Morgan fingerprint density at radius 2 is 1.92 bits per heavy atom. The van der Waals surface area contributed by atoms with E-state index in [0.717, 1.165) is 0 Å². The zero-order valence-corrected chi connectivity index (χ0v) is 7.43. The van der Waals surface area contributed by atoms with Gasteiger partial charge in [0.05, 0.1) is 0 Å². The molecule has 0 bridgehead atoms. The summed E-state index contributed by atoms with van der Waals surface area (Å²) in [5, 5.41) is 7.68. The Bertz CT molecular complexity index is 254. The van der Waals surface area contributed by atoms with Crippen LogP contribution in [0.15, 0.2) is 30.3 Å². The molecule has 1 rings (SSSR count). The SMILES string of the molecule is Cc1ccccc1.O=CCC(=O)O. The Hall–Kier alpha value is -1.64. The number of carbonyl (C=O) groups excluding carboxylic acids is 1. The molecule has 3 nitrogen and oxygen atoms in total. The fourth-order valence-corrected chi connectivity index (χ4v) is 0.606. The van der Waals surface area contributed by atoms with E-state index >= 15 is 0 Å². The van der Waals surface area contributed by atoms with E-state index in [-0.39, 0.29) is 6.42 Å². The van der Waals surface area contributed by atoms with Gasteiger partial charge in [-0.3, -0.25) is 4.79 Å². The summed E-state index contributed by atoms with van der Waals surface area (Å²) in [5.41, 5.74) is 1.32. The molecule has 0 aliphatic heterocycles. The summed E-state index contributed by atoms with van der Waals surface area (Å²) >= 11 is 0. The smallest absolute Gasteiger partial charge is 0.310 e. The van der Waals surface area contributed by atoms with Gasteiger partial charge in [0.1, 0.15) is 12.7 Å².